The van der Waals surface area contributed by atoms with Gasteiger partial charge in [0.05, 0.1) is 18.9 Å². The van der Waals surface area contributed by atoms with Gasteiger partial charge in [0.15, 0.2) is 5.76 Å². The van der Waals surface area contributed by atoms with E-state index in [1.807, 2.05) is 13.8 Å². The normalized spacial score (nSPS) is 24.4. The highest BCUT2D eigenvalue weighted by Crippen LogP contribution is 2.40. The molecule has 0 bridgehead atoms. The monoisotopic (exact) mass is 266 g/mol. The number of aliphatic hydroxyl groups excluding tert-OH is 1. The van der Waals surface area contributed by atoms with Gasteiger partial charge >= 0.3 is 0 Å². The molecular formula is C13H18N2O4. The van der Waals surface area contributed by atoms with Crippen LogP contribution in [0.1, 0.15) is 30.8 Å². The molecule has 0 saturated heterocycles. The van der Waals surface area contributed by atoms with Crippen LogP contribution in [0.2, 0.25) is 0 Å². The maximum Gasteiger partial charge on any atom is 0.287 e. The van der Waals surface area contributed by atoms with E-state index in [2.05, 4.69) is 10.6 Å². The lowest BCUT2D eigenvalue weighted by atomic mass is 9.64. The molecule has 6 heteroatoms. The average Bonchev–Trinajstić information content (AvgIpc) is 2.89. The predicted molar refractivity (Wildman–Crippen MR) is 67.4 cm³/mol. The van der Waals surface area contributed by atoms with Crippen LogP contribution < -0.4 is 10.6 Å². The van der Waals surface area contributed by atoms with Crippen LogP contribution in [0.3, 0.4) is 0 Å². The fourth-order valence-corrected chi connectivity index (χ4v) is 2.05. The van der Waals surface area contributed by atoms with E-state index in [4.69, 9.17) is 4.42 Å². The SMILES string of the molecule is CC1(C)C(O)CC1NC(=O)CNC(=O)c1ccco1. The molecular weight excluding hydrogens is 248 g/mol. The van der Waals surface area contributed by atoms with Crippen LogP contribution in [-0.4, -0.2) is 35.6 Å². The second-order valence-electron chi connectivity index (χ2n) is 5.35. The summed E-state index contributed by atoms with van der Waals surface area (Å²) in [5.41, 5.74) is -0.319. The van der Waals surface area contributed by atoms with Gasteiger partial charge in [-0.1, -0.05) is 13.8 Å². The highest BCUT2D eigenvalue weighted by molar-refractivity contribution is 5.94. The predicted octanol–water partition coefficient (Wildman–Crippen LogP) is 0.285. The Labute approximate surface area is 111 Å². The number of aliphatic hydroxyl groups is 1. The first-order chi connectivity index (χ1) is 8.91. The minimum absolute atomic E-state index is 0.0597. The first-order valence-electron chi connectivity index (χ1n) is 6.20. The summed E-state index contributed by atoms with van der Waals surface area (Å²) in [7, 11) is 0. The van der Waals surface area contributed by atoms with Crippen molar-refractivity contribution in [3.63, 3.8) is 0 Å². The Balaban J connectivity index is 1.75. The number of hydrogen-bond acceptors (Lipinski definition) is 4. The lowest BCUT2D eigenvalue weighted by Crippen LogP contribution is -2.62. The number of furan rings is 1. The van der Waals surface area contributed by atoms with Crippen LogP contribution in [0.5, 0.6) is 0 Å². The molecule has 2 unspecified atom stereocenters. The van der Waals surface area contributed by atoms with Crippen LogP contribution in [0.25, 0.3) is 0 Å². The molecule has 104 valence electrons. The summed E-state index contributed by atoms with van der Waals surface area (Å²) in [6, 6.07) is 3.07. The lowest BCUT2D eigenvalue weighted by Gasteiger charge is -2.49. The van der Waals surface area contributed by atoms with Gasteiger partial charge in [-0.25, -0.2) is 0 Å². The average molecular weight is 266 g/mol. The molecule has 1 saturated carbocycles. The van der Waals surface area contributed by atoms with Crippen molar-refractivity contribution in [3.8, 4) is 0 Å². The summed E-state index contributed by atoms with van der Waals surface area (Å²) in [6.07, 6.45) is 1.55. The van der Waals surface area contributed by atoms with Crippen molar-refractivity contribution >= 4 is 11.8 Å². The summed E-state index contributed by atoms with van der Waals surface area (Å²) in [5, 5.41) is 14.8. The molecule has 0 spiro atoms. The smallest absolute Gasteiger partial charge is 0.287 e. The van der Waals surface area contributed by atoms with Gasteiger partial charge in [-0.15, -0.1) is 0 Å². The molecule has 1 heterocycles. The van der Waals surface area contributed by atoms with Gasteiger partial charge in [-0.2, -0.15) is 0 Å². The van der Waals surface area contributed by atoms with E-state index in [0.717, 1.165) is 0 Å². The molecule has 1 aromatic heterocycles. The molecule has 0 aromatic carbocycles. The Kier molecular flexibility index (Phi) is 3.61. The Bertz CT molecular complexity index is 467. The summed E-state index contributed by atoms with van der Waals surface area (Å²) >= 11 is 0. The van der Waals surface area contributed by atoms with Crippen molar-refractivity contribution < 1.29 is 19.1 Å². The van der Waals surface area contributed by atoms with Gasteiger partial charge in [0, 0.05) is 11.5 Å². The molecule has 2 amide bonds. The third kappa shape index (κ3) is 2.78. The van der Waals surface area contributed by atoms with Crippen molar-refractivity contribution in [3.05, 3.63) is 24.2 Å². The van der Waals surface area contributed by atoms with Crippen molar-refractivity contribution in [1.82, 2.24) is 10.6 Å². The number of amides is 2. The number of nitrogens with one attached hydrogen (secondary N) is 2. The van der Waals surface area contributed by atoms with E-state index in [9.17, 15) is 14.7 Å². The quantitative estimate of drug-likeness (QED) is 0.730. The third-order valence-corrected chi connectivity index (χ3v) is 3.71. The Hall–Kier alpha value is -1.82. The fourth-order valence-electron chi connectivity index (χ4n) is 2.05. The summed E-state index contributed by atoms with van der Waals surface area (Å²) < 4.78 is 4.91. The van der Waals surface area contributed by atoms with E-state index in [0.29, 0.717) is 6.42 Å². The van der Waals surface area contributed by atoms with Crippen molar-refractivity contribution in [1.29, 1.82) is 0 Å². The second kappa shape index (κ2) is 5.05. The molecule has 19 heavy (non-hydrogen) atoms. The molecule has 1 aliphatic carbocycles. The van der Waals surface area contributed by atoms with Crippen molar-refractivity contribution in [2.75, 3.05) is 6.54 Å². The van der Waals surface area contributed by atoms with Crippen LogP contribution in [0, 0.1) is 5.41 Å². The number of carbonyl (C=O) groups is 2. The molecule has 1 fully saturated rings. The molecule has 1 aliphatic rings. The molecule has 1 aromatic rings. The molecule has 0 radical (unpaired) electrons. The summed E-state index contributed by atoms with van der Waals surface area (Å²) in [4.78, 5) is 23.2. The fraction of sp³-hybridized carbons (Fsp3) is 0.538. The first kappa shape index (κ1) is 13.6. The maximum absolute atomic E-state index is 11.7. The zero-order chi connectivity index (χ0) is 14.0. The molecule has 6 nitrogen and oxygen atoms in total. The summed E-state index contributed by atoms with van der Waals surface area (Å²) in [5.74, 6) is -0.523. The highest BCUT2D eigenvalue weighted by atomic mass is 16.3. The van der Waals surface area contributed by atoms with Crippen molar-refractivity contribution in [2.45, 2.75) is 32.4 Å². The highest BCUT2D eigenvalue weighted by Gasteiger charge is 2.47. The molecule has 3 N–H and O–H groups in total. The topological polar surface area (TPSA) is 91.6 Å². The van der Waals surface area contributed by atoms with Crippen LogP contribution >= 0.6 is 0 Å². The maximum atomic E-state index is 11.7. The number of rotatable bonds is 4. The Morgan fingerprint density at radius 2 is 2.26 bits per heavy atom. The largest absolute Gasteiger partial charge is 0.459 e. The van der Waals surface area contributed by atoms with Gasteiger partial charge in [-0.3, -0.25) is 9.59 Å². The first-order valence-corrected chi connectivity index (χ1v) is 6.20. The lowest BCUT2D eigenvalue weighted by molar-refractivity contribution is -0.128. The van der Waals surface area contributed by atoms with Gasteiger partial charge in [0.2, 0.25) is 5.91 Å². The van der Waals surface area contributed by atoms with Gasteiger partial charge in [-0.05, 0) is 18.6 Å². The van der Waals surface area contributed by atoms with Gasteiger partial charge in [0.1, 0.15) is 0 Å². The van der Waals surface area contributed by atoms with Crippen LogP contribution in [-0.2, 0) is 4.79 Å². The molecule has 2 rings (SSSR count). The molecule has 0 aliphatic heterocycles. The second-order valence-corrected chi connectivity index (χ2v) is 5.35. The minimum Gasteiger partial charge on any atom is -0.459 e. The minimum atomic E-state index is -0.423. The van der Waals surface area contributed by atoms with Crippen LogP contribution in [0.15, 0.2) is 22.8 Å². The van der Waals surface area contributed by atoms with E-state index < -0.39 is 12.0 Å². The zero-order valence-corrected chi connectivity index (χ0v) is 11.0. The van der Waals surface area contributed by atoms with E-state index in [1.165, 1.54) is 12.3 Å². The molecule has 2 atom stereocenters. The number of carbonyl (C=O) groups excluding carboxylic acids is 2. The third-order valence-electron chi connectivity index (χ3n) is 3.71. The Morgan fingerprint density at radius 3 is 2.79 bits per heavy atom. The Morgan fingerprint density at radius 1 is 1.53 bits per heavy atom. The van der Waals surface area contributed by atoms with E-state index in [1.54, 1.807) is 6.07 Å². The number of hydrogen-bond donors (Lipinski definition) is 3. The zero-order valence-electron chi connectivity index (χ0n) is 11.0. The van der Waals surface area contributed by atoms with Crippen molar-refractivity contribution in [2.24, 2.45) is 5.41 Å². The van der Waals surface area contributed by atoms with Crippen LogP contribution in [0.4, 0.5) is 0 Å². The van der Waals surface area contributed by atoms with E-state index in [-0.39, 0.29) is 29.7 Å². The summed E-state index contributed by atoms with van der Waals surface area (Å²) in [6.45, 7) is 3.68. The van der Waals surface area contributed by atoms with E-state index >= 15 is 0 Å². The van der Waals surface area contributed by atoms with Gasteiger partial charge < -0.3 is 20.2 Å². The van der Waals surface area contributed by atoms with Gasteiger partial charge in [0.25, 0.3) is 5.91 Å². The standard InChI is InChI=1S/C13H18N2O4/c1-13(2)9(6-10(13)16)15-11(17)7-14-12(18)8-4-3-5-19-8/h3-5,9-10,16H,6-7H2,1-2H3,(H,14,18)(H,15,17).